The van der Waals surface area contributed by atoms with Crippen molar-refractivity contribution in [2.24, 2.45) is 5.73 Å². The van der Waals surface area contributed by atoms with Crippen LogP contribution in [0.25, 0.3) is 0 Å². The van der Waals surface area contributed by atoms with Crippen molar-refractivity contribution in [1.29, 1.82) is 5.41 Å². The highest BCUT2D eigenvalue weighted by Gasteiger charge is 2.07. The molecule has 2 aromatic rings. The van der Waals surface area contributed by atoms with Gasteiger partial charge in [-0.15, -0.1) is 0 Å². The summed E-state index contributed by atoms with van der Waals surface area (Å²) in [5.74, 6) is 0.118. The van der Waals surface area contributed by atoms with E-state index in [1.54, 1.807) is 24.3 Å². The second-order valence-electron chi connectivity index (χ2n) is 4.42. The van der Waals surface area contributed by atoms with Crippen molar-refractivity contribution in [3.05, 3.63) is 63.9 Å². The molecule has 0 spiro atoms. The summed E-state index contributed by atoms with van der Waals surface area (Å²) in [6.07, 6.45) is 0. The van der Waals surface area contributed by atoms with E-state index in [4.69, 9.17) is 27.5 Å². The van der Waals surface area contributed by atoms with Gasteiger partial charge < -0.3 is 10.5 Å². The zero-order chi connectivity index (χ0) is 14.7. The number of hydrogen-bond acceptors (Lipinski definition) is 2. The van der Waals surface area contributed by atoms with Crippen LogP contribution in [0.1, 0.15) is 16.7 Å². The van der Waals surface area contributed by atoms with Crippen LogP contribution in [0.2, 0.25) is 5.02 Å². The predicted molar refractivity (Wildman–Crippen MR) is 77.9 cm³/mol. The number of rotatable bonds is 4. The van der Waals surface area contributed by atoms with Crippen LogP contribution in [-0.4, -0.2) is 5.84 Å². The second kappa shape index (κ2) is 5.92. The summed E-state index contributed by atoms with van der Waals surface area (Å²) in [7, 11) is 0. The highest BCUT2D eigenvalue weighted by Crippen LogP contribution is 2.26. The summed E-state index contributed by atoms with van der Waals surface area (Å²) in [5.41, 5.74) is 7.62. The number of amidine groups is 1. The summed E-state index contributed by atoms with van der Waals surface area (Å²) in [5, 5.41) is 7.69. The molecule has 2 rings (SSSR count). The maximum Gasteiger partial charge on any atom is 0.138 e. The third-order valence-corrected chi connectivity index (χ3v) is 3.23. The van der Waals surface area contributed by atoms with Crippen molar-refractivity contribution in [2.45, 2.75) is 13.5 Å². The smallest absolute Gasteiger partial charge is 0.138 e. The molecule has 104 valence electrons. The molecular weight excluding hydrogens is 279 g/mol. The van der Waals surface area contributed by atoms with Crippen LogP contribution >= 0.6 is 11.6 Å². The van der Waals surface area contributed by atoms with Crippen molar-refractivity contribution in [2.75, 3.05) is 0 Å². The van der Waals surface area contributed by atoms with E-state index in [0.717, 1.165) is 11.1 Å². The molecule has 3 nitrogen and oxygen atoms in total. The van der Waals surface area contributed by atoms with Gasteiger partial charge in [0.05, 0.1) is 5.02 Å². The number of ether oxygens (including phenoxy) is 1. The first-order valence-electron chi connectivity index (χ1n) is 5.99. The topological polar surface area (TPSA) is 59.1 Å². The Labute approximate surface area is 121 Å². The summed E-state index contributed by atoms with van der Waals surface area (Å²) in [6.45, 7) is 2.11. The molecule has 0 saturated heterocycles. The fourth-order valence-electron chi connectivity index (χ4n) is 1.74. The molecule has 0 aliphatic heterocycles. The third kappa shape index (κ3) is 3.27. The molecule has 0 aliphatic rings. The van der Waals surface area contributed by atoms with E-state index in [0.29, 0.717) is 16.3 Å². The molecular formula is C15H14ClFN2O. The van der Waals surface area contributed by atoms with Crippen LogP contribution in [0.3, 0.4) is 0 Å². The van der Waals surface area contributed by atoms with Gasteiger partial charge in [0.2, 0.25) is 0 Å². The van der Waals surface area contributed by atoms with E-state index in [-0.39, 0.29) is 18.3 Å². The number of nitrogens with one attached hydrogen (secondary N) is 1. The summed E-state index contributed by atoms with van der Waals surface area (Å²) < 4.78 is 18.8. The Kier molecular flexibility index (Phi) is 4.25. The molecule has 2 aromatic carbocycles. The van der Waals surface area contributed by atoms with Crippen LogP contribution in [0.4, 0.5) is 4.39 Å². The van der Waals surface area contributed by atoms with Crippen LogP contribution in [0.15, 0.2) is 36.4 Å². The lowest BCUT2D eigenvalue weighted by Gasteiger charge is -2.11. The first-order valence-corrected chi connectivity index (χ1v) is 6.37. The van der Waals surface area contributed by atoms with Crippen LogP contribution < -0.4 is 10.5 Å². The lowest BCUT2D eigenvalue weighted by atomic mass is 10.1. The minimum atomic E-state index is -0.299. The van der Waals surface area contributed by atoms with Gasteiger partial charge in [0.25, 0.3) is 0 Å². The summed E-state index contributed by atoms with van der Waals surface area (Å²) in [6, 6.07) is 9.42. The van der Waals surface area contributed by atoms with Crippen LogP contribution in [0.5, 0.6) is 5.75 Å². The SMILES string of the molecule is Cc1ccc(F)cc1COc1ccc(C(=N)N)cc1Cl. The molecule has 0 aliphatic carbocycles. The predicted octanol–water partition coefficient (Wildman–Crippen LogP) is 3.65. The molecule has 3 N–H and O–H groups in total. The number of hydrogen-bond donors (Lipinski definition) is 2. The van der Waals surface area contributed by atoms with E-state index < -0.39 is 0 Å². The van der Waals surface area contributed by atoms with Crippen molar-refractivity contribution in [3.8, 4) is 5.75 Å². The average Bonchev–Trinajstić information content (AvgIpc) is 2.40. The Morgan fingerprint density at radius 1 is 1.30 bits per heavy atom. The molecule has 0 saturated carbocycles. The first-order chi connectivity index (χ1) is 9.47. The number of nitrogens with two attached hydrogens (primary N) is 1. The molecule has 0 fully saturated rings. The van der Waals surface area contributed by atoms with Crippen LogP contribution in [0, 0.1) is 18.2 Å². The Balaban J connectivity index is 2.15. The fourth-order valence-corrected chi connectivity index (χ4v) is 1.97. The van der Waals surface area contributed by atoms with Gasteiger partial charge >= 0.3 is 0 Å². The number of benzene rings is 2. The van der Waals surface area contributed by atoms with Crippen molar-refractivity contribution >= 4 is 17.4 Å². The monoisotopic (exact) mass is 292 g/mol. The maximum absolute atomic E-state index is 13.2. The zero-order valence-electron chi connectivity index (χ0n) is 10.9. The minimum absolute atomic E-state index is 0.0561. The maximum atomic E-state index is 13.2. The van der Waals surface area contributed by atoms with E-state index in [1.165, 1.54) is 12.1 Å². The molecule has 20 heavy (non-hydrogen) atoms. The lowest BCUT2D eigenvalue weighted by Crippen LogP contribution is -2.10. The third-order valence-electron chi connectivity index (χ3n) is 2.94. The molecule has 5 heteroatoms. The summed E-state index contributed by atoms with van der Waals surface area (Å²) >= 11 is 6.06. The fraction of sp³-hybridized carbons (Fsp3) is 0.133. The largest absolute Gasteiger partial charge is 0.487 e. The Morgan fingerprint density at radius 3 is 2.70 bits per heavy atom. The van der Waals surface area contributed by atoms with E-state index in [1.807, 2.05) is 6.92 Å². The quantitative estimate of drug-likeness (QED) is 0.667. The highest BCUT2D eigenvalue weighted by atomic mass is 35.5. The number of aryl methyl sites for hydroxylation is 1. The Hall–Kier alpha value is -2.07. The molecule has 0 amide bonds. The van der Waals surface area contributed by atoms with E-state index in [9.17, 15) is 4.39 Å². The molecule has 0 aromatic heterocycles. The standard InChI is InChI=1S/C15H14ClFN2O/c1-9-2-4-12(17)6-11(9)8-20-14-5-3-10(15(18)19)7-13(14)16/h2-7H,8H2,1H3,(H3,18,19). The van der Waals surface area contributed by atoms with Gasteiger partial charge in [-0.25, -0.2) is 4.39 Å². The molecule has 0 heterocycles. The molecule has 0 unspecified atom stereocenters. The Bertz CT molecular complexity index is 658. The van der Waals surface area contributed by atoms with Crippen LogP contribution in [-0.2, 0) is 6.61 Å². The van der Waals surface area contributed by atoms with Crippen molar-refractivity contribution < 1.29 is 9.13 Å². The van der Waals surface area contributed by atoms with Crippen molar-refractivity contribution in [3.63, 3.8) is 0 Å². The minimum Gasteiger partial charge on any atom is -0.487 e. The second-order valence-corrected chi connectivity index (χ2v) is 4.83. The van der Waals surface area contributed by atoms with Gasteiger partial charge in [0.1, 0.15) is 24.0 Å². The van der Waals surface area contributed by atoms with Gasteiger partial charge in [-0.05, 0) is 48.4 Å². The van der Waals surface area contributed by atoms with Gasteiger partial charge in [-0.3, -0.25) is 5.41 Å². The van der Waals surface area contributed by atoms with E-state index >= 15 is 0 Å². The highest BCUT2D eigenvalue weighted by molar-refractivity contribution is 6.32. The zero-order valence-corrected chi connectivity index (χ0v) is 11.7. The average molecular weight is 293 g/mol. The van der Waals surface area contributed by atoms with Crippen molar-refractivity contribution in [1.82, 2.24) is 0 Å². The lowest BCUT2D eigenvalue weighted by molar-refractivity contribution is 0.305. The normalized spacial score (nSPS) is 10.3. The van der Waals surface area contributed by atoms with Gasteiger partial charge in [0, 0.05) is 5.56 Å². The van der Waals surface area contributed by atoms with Gasteiger partial charge in [0.15, 0.2) is 0 Å². The number of nitrogen functional groups attached to an aromatic ring is 1. The first kappa shape index (κ1) is 14.3. The van der Waals surface area contributed by atoms with Gasteiger partial charge in [-0.2, -0.15) is 0 Å². The Morgan fingerprint density at radius 2 is 2.05 bits per heavy atom. The van der Waals surface area contributed by atoms with E-state index in [2.05, 4.69) is 0 Å². The molecule has 0 atom stereocenters. The summed E-state index contributed by atoms with van der Waals surface area (Å²) in [4.78, 5) is 0. The molecule has 0 radical (unpaired) electrons. The number of halogens is 2. The molecule has 0 bridgehead atoms. The van der Waals surface area contributed by atoms with Gasteiger partial charge in [-0.1, -0.05) is 17.7 Å².